The van der Waals surface area contributed by atoms with Crippen molar-refractivity contribution in [3.63, 3.8) is 0 Å². The highest BCUT2D eigenvalue weighted by molar-refractivity contribution is 5.93. The van der Waals surface area contributed by atoms with Gasteiger partial charge in [0, 0.05) is 25.9 Å². The molecule has 0 radical (unpaired) electrons. The Morgan fingerprint density at radius 3 is 2.38 bits per heavy atom. The van der Waals surface area contributed by atoms with Crippen LogP contribution in [0.15, 0.2) is 40.8 Å². The summed E-state index contributed by atoms with van der Waals surface area (Å²) in [6.45, 7) is 8.33. The average molecular weight is 403 g/mol. The Balaban J connectivity index is 1.94. The monoisotopic (exact) mass is 403 g/mol. The lowest BCUT2D eigenvalue weighted by Crippen LogP contribution is -2.38. The van der Waals surface area contributed by atoms with E-state index < -0.39 is 11.7 Å². The van der Waals surface area contributed by atoms with Gasteiger partial charge in [-0.05, 0) is 57.0 Å². The quantitative estimate of drug-likeness (QED) is 0.510. The zero-order valence-corrected chi connectivity index (χ0v) is 17.7. The topological polar surface area (TPSA) is 59.8 Å². The molecule has 0 N–H and O–H groups in total. The van der Waals surface area contributed by atoms with Crippen LogP contribution in [0.5, 0.6) is 0 Å². The predicted octanol–water partition coefficient (Wildman–Crippen LogP) is 5.62. The van der Waals surface area contributed by atoms with Crippen molar-refractivity contribution in [1.29, 1.82) is 0 Å². The summed E-state index contributed by atoms with van der Waals surface area (Å²) in [6.07, 6.45) is 2.02. The van der Waals surface area contributed by atoms with E-state index in [-0.39, 0.29) is 30.3 Å². The molecule has 0 aliphatic heterocycles. The van der Waals surface area contributed by atoms with E-state index >= 15 is 0 Å². The number of furan rings is 1. The maximum atomic E-state index is 13.0. The number of hydrogen-bond donors (Lipinski definition) is 0. The van der Waals surface area contributed by atoms with Crippen molar-refractivity contribution >= 4 is 11.9 Å². The van der Waals surface area contributed by atoms with E-state index in [1.165, 1.54) is 12.1 Å². The van der Waals surface area contributed by atoms with E-state index in [2.05, 4.69) is 0 Å². The van der Waals surface area contributed by atoms with Crippen LogP contribution in [0.2, 0.25) is 0 Å². The van der Waals surface area contributed by atoms with Crippen molar-refractivity contribution in [2.24, 2.45) is 0 Å². The highest BCUT2D eigenvalue weighted by atomic mass is 19.1. The highest BCUT2D eigenvalue weighted by Gasteiger charge is 2.23. The molecule has 1 amide bonds. The molecule has 1 aromatic carbocycles. The molecule has 0 saturated heterocycles. The Labute approximate surface area is 171 Å². The molecule has 2 aromatic rings. The minimum atomic E-state index is -0.582. The number of benzene rings is 1. The van der Waals surface area contributed by atoms with E-state index in [9.17, 15) is 14.0 Å². The van der Waals surface area contributed by atoms with Crippen LogP contribution in [-0.2, 0) is 11.2 Å². The summed E-state index contributed by atoms with van der Waals surface area (Å²) >= 11 is 0. The van der Waals surface area contributed by atoms with Crippen LogP contribution >= 0.6 is 0 Å². The lowest BCUT2D eigenvalue weighted by Gasteiger charge is -2.27. The number of rotatable bonds is 9. The second kappa shape index (κ2) is 10.2. The number of amides is 1. The molecule has 0 spiro atoms. The molecular weight excluding hydrogens is 373 g/mol. The number of unbranched alkanes of at least 4 members (excludes halogenated alkanes) is 1. The highest BCUT2D eigenvalue weighted by Crippen LogP contribution is 2.16. The smallest absolute Gasteiger partial charge is 0.410 e. The van der Waals surface area contributed by atoms with E-state index in [4.69, 9.17) is 9.15 Å². The van der Waals surface area contributed by atoms with Gasteiger partial charge in [-0.3, -0.25) is 4.79 Å². The molecule has 5 nitrogen and oxygen atoms in total. The van der Waals surface area contributed by atoms with E-state index in [0.29, 0.717) is 18.7 Å². The normalized spacial score (nSPS) is 11.3. The fourth-order valence-electron chi connectivity index (χ4n) is 2.76. The third-order valence-electron chi connectivity index (χ3n) is 4.27. The third-order valence-corrected chi connectivity index (χ3v) is 4.27. The molecule has 1 heterocycles. The summed E-state index contributed by atoms with van der Waals surface area (Å²) in [5, 5.41) is 0. The average Bonchev–Trinajstić information content (AvgIpc) is 3.10. The van der Waals surface area contributed by atoms with Crippen LogP contribution in [0.1, 0.15) is 68.8 Å². The summed E-state index contributed by atoms with van der Waals surface area (Å²) in [6, 6.07) is 9.56. The van der Waals surface area contributed by atoms with Crippen LogP contribution in [0.3, 0.4) is 0 Å². The summed E-state index contributed by atoms with van der Waals surface area (Å²) in [5.74, 6) is 0.443. The van der Waals surface area contributed by atoms with E-state index in [1.807, 2.05) is 27.7 Å². The SMILES string of the molecule is CCCCN(CCC(=O)c1ccc(Cc2ccc(F)cc2)o1)C(=O)OC(C)(C)C. The largest absolute Gasteiger partial charge is 0.458 e. The molecule has 2 rings (SSSR count). The van der Waals surface area contributed by atoms with Gasteiger partial charge in [-0.15, -0.1) is 0 Å². The third kappa shape index (κ3) is 7.72. The standard InChI is InChI=1S/C23H30FNO4/c1-5-6-14-25(22(27)29-23(2,3)4)15-13-20(26)21-12-11-19(28-21)16-17-7-9-18(24)10-8-17/h7-12H,5-6,13-16H2,1-4H3. The summed E-state index contributed by atoms with van der Waals surface area (Å²) in [7, 11) is 0. The zero-order chi connectivity index (χ0) is 21.4. The first kappa shape index (κ1) is 22.7. The van der Waals surface area contributed by atoms with Gasteiger partial charge in [0.15, 0.2) is 11.5 Å². The molecule has 0 fully saturated rings. The Bertz CT molecular complexity index is 805. The molecule has 158 valence electrons. The van der Waals surface area contributed by atoms with Crippen molar-refractivity contribution in [2.75, 3.05) is 13.1 Å². The molecule has 1 aromatic heterocycles. The van der Waals surface area contributed by atoms with E-state index in [1.54, 1.807) is 29.2 Å². The second-order valence-corrected chi connectivity index (χ2v) is 8.06. The second-order valence-electron chi connectivity index (χ2n) is 8.06. The van der Waals surface area contributed by atoms with Gasteiger partial charge in [-0.1, -0.05) is 25.5 Å². The van der Waals surface area contributed by atoms with E-state index in [0.717, 1.165) is 18.4 Å². The lowest BCUT2D eigenvalue weighted by molar-refractivity contribution is 0.0246. The number of nitrogens with zero attached hydrogens (tertiary/aromatic N) is 1. The predicted molar refractivity (Wildman–Crippen MR) is 110 cm³/mol. The first-order valence-corrected chi connectivity index (χ1v) is 10.0. The van der Waals surface area contributed by atoms with Gasteiger partial charge in [-0.2, -0.15) is 0 Å². The minimum Gasteiger partial charge on any atom is -0.458 e. The fraction of sp³-hybridized carbons (Fsp3) is 0.478. The first-order chi connectivity index (χ1) is 13.7. The molecular formula is C23H30FNO4. The number of hydrogen-bond acceptors (Lipinski definition) is 4. The van der Waals surface area contributed by atoms with Gasteiger partial charge in [-0.25, -0.2) is 9.18 Å². The summed E-state index contributed by atoms with van der Waals surface area (Å²) in [4.78, 5) is 26.5. The minimum absolute atomic E-state index is 0.159. The van der Waals surface area contributed by atoms with Gasteiger partial charge in [0.25, 0.3) is 0 Å². The van der Waals surface area contributed by atoms with Gasteiger partial charge < -0.3 is 14.1 Å². The van der Waals surface area contributed by atoms with Crippen molar-refractivity contribution < 1.29 is 23.1 Å². The molecule has 0 aliphatic carbocycles. The number of ether oxygens (including phenoxy) is 1. The Hall–Kier alpha value is -2.63. The first-order valence-electron chi connectivity index (χ1n) is 10.0. The van der Waals surface area contributed by atoms with Gasteiger partial charge >= 0.3 is 6.09 Å². The summed E-state index contributed by atoms with van der Waals surface area (Å²) < 4.78 is 24.1. The number of halogens is 1. The van der Waals surface area contributed by atoms with Crippen LogP contribution in [0.25, 0.3) is 0 Å². The number of carbonyl (C=O) groups excluding carboxylic acids is 2. The number of ketones is 1. The molecule has 0 saturated carbocycles. The van der Waals surface area contributed by atoms with Crippen molar-refractivity contribution in [3.8, 4) is 0 Å². The molecule has 0 atom stereocenters. The molecule has 0 unspecified atom stereocenters. The molecule has 6 heteroatoms. The van der Waals surface area contributed by atoms with Gasteiger partial charge in [0.1, 0.15) is 17.2 Å². The van der Waals surface area contributed by atoms with Crippen molar-refractivity contribution in [3.05, 3.63) is 59.3 Å². The number of carbonyl (C=O) groups is 2. The maximum Gasteiger partial charge on any atom is 0.410 e. The van der Waals surface area contributed by atoms with Gasteiger partial charge in [0.2, 0.25) is 0 Å². The molecule has 0 aliphatic rings. The zero-order valence-electron chi connectivity index (χ0n) is 17.7. The number of Topliss-reactive ketones (excluding diaryl/α,β-unsaturated/α-hetero) is 1. The maximum absolute atomic E-state index is 13.0. The Kier molecular flexibility index (Phi) is 8.00. The van der Waals surface area contributed by atoms with Crippen LogP contribution in [0, 0.1) is 5.82 Å². The van der Waals surface area contributed by atoms with Gasteiger partial charge in [0.05, 0.1) is 0 Å². The van der Waals surface area contributed by atoms with Crippen LogP contribution < -0.4 is 0 Å². The lowest BCUT2D eigenvalue weighted by atomic mass is 10.1. The van der Waals surface area contributed by atoms with Crippen molar-refractivity contribution in [2.45, 2.75) is 59.0 Å². The fourth-order valence-corrected chi connectivity index (χ4v) is 2.76. The Morgan fingerprint density at radius 2 is 1.76 bits per heavy atom. The summed E-state index contributed by atoms with van der Waals surface area (Å²) in [5.41, 5.74) is 0.317. The van der Waals surface area contributed by atoms with Crippen LogP contribution in [-0.4, -0.2) is 35.5 Å². The Morgan fingerprint density at radius 1 is 1.07 bits per heavy atom. The van der Waals surface area contributed by atoms with Crippen LogP contribution in [0.4, 0.5) is 9.18 Å². The molecule has 29 heavy (non-hydrogen) atoms. The molecule has 0 bridgehead atoms. The van der Waals surface area contributed by atoms with Crippen molar-refractivity contribution in [1.82, 2.24) is 4.90 Å².